The van der Waals surface area contributed by atoms with E-state index >= 15 is 0 Å². The summed E-state index contributed by atoms with van der Waals surface area (Å²) in [5, 5.41) is 5.57. The minimum atomic E-state index is -0.0191. The van der Waals surface area contributed by atoms with E-state index in [1.54, 1.807) is 6.20 Å². The van der Waals surface area contributed by atoms with Crippen molar-refractivity contribution in [2.45, 2.75) is 0 Å². The lowest BCUT2D eigenvalue weighted by molar-refractivity contribution is 0.0732. The highest BCUT2D eigenvalue weighted by molar-refractivity contribution is 6.35. The quantitative estimate of drug-likeness (QED) is 0.865. The Kier molecular flexibility index (Phi) is 3.36. The van der Waals surface area contributed by atoms with Gasteiger partial charge in [-0.3, -0.25) is 9.78 Å². The fourth-order valence-corrected chi connectivity index (χ4v) is 2.59. The first-order chi connectivity index (χ1) is 9.27. The molecule has 0 saturated carbocycles. The van der Waals surface area contributed by atoms with Crippen molar-refractivity contribution in [1.82, 2.24) is 15.2 Å². The van der Waals surface area contributed by atoms with E-state index in [1.807, 2.05) is 29.2 Å². The van der Waals surface area contributed by atoms with Crippen LogP contribution in [0.5, 0.6) is 0 Å². The molecule has 4 nitrogen and oxygen atoms in total. The number of rotatable bonds is 1. The molecule has 1 aromatic carbocycles. The second kappa shape index (κ2) is 5.15. The lowest BCUT2D eigenvalue weighted by Gasteiger charge is -2.27. The highest BCUT2D eigenvalue weighted by atomic mass is 35.5. The summed E-state index contributed by atoms with van der Waals surface area (Å²) in [5.74, 6) is -0.0191. The van der Waals surface area contributed by atoms with Crippen molar-refractivity contribution in [1.29, 1.82) is 0 Å². The van der Waals surface area contributed by atoms with E-state index in [-0.39, 0.29) is 5.91 Å². The van der Waals surface area contributed by atoms with Crippen molar-refractivity contribution >= 4 is 28.3 Å². The minimum absolute atomic E-state index is 0.0191. The summed E-state index contributed by atoms with van der Waals surface area (Å²) >= 11 is 6.16. The van der Waals surface area contributed by atoms with Gasteiger partial charge in [-0.05, 0) is 12.1 Å². The molecule has 3 rings (SSSR count). The largest absolute Gasteiger partial charge is 0.335 e. The highest BCUT2D eigenvalue weighted by Crippen LogP contribution is 2.25. The maximum absolute atomic E-state index is 12.5. The molecule has 1 aliphatic rings. The van der Waals surface area contributed by atoms with Gasteiger partial charge in [0, 0.05) is 48.2 Å². The number of nitrogens with zero attached hydrogens (tertiary/aromatic N) is 2. The molecule has 1 amide bonds. The Balaban J connectivity index is 2.04. The van der Waals surface area contributed by atoms with E-state index in [0.29, 0.717) is 10.7 Å². The van der Waals surface area contributed by atoms with Crippen LogP contribution in [0.1, 0.15) is 10.5 Å². The maximum atomic E-state index is 12.5. The SMILES string of the molecule is O=C(c1nccc2c(Cl)cccc12)N1CCNCC1. The average molecular weight is 276 g/mol. The monoisotopic (exact) mass is 275 g/mol. The van der Waals surface area contributed by atoms with Gasteiger partial charge in [0.15, 0.2) is 0 Å². The summed E-state index contributed by atoms with van der Waals surface area (Å²) in [7, 11) is 0. The maximum Gasteiger partial charge on any atom is 0.273 e. The molecule has 98 valence electrons. The predicted octanol–water partition coefficient (Wildman–Crippen LogP) is 1.93. The van der Waals surface area contributed by atoms with Gasteiger partial charge in [0.05, 0.1) is 0 Å². The van der Waals surface area contributed by atoms with Crippen LogP contribution >= 0.6 is 11.6 Å². The van der Waals surface area contributed by atoms with Crippen LogP contribution in [0.2, 0.25) is 5.02 Å². The van der Waals surface area contributed by atoms with Crippen molar-refractivity contribution in [3.63, 3.8) is 0 Å². The Hall–Kier alpha value is -1.65. The van der Waals surface area contributed by atoms with Crippen LogP contribution in [-0.2, 0) is 0 Å². The summed E-state index contributed by atoms with van der Waals surface area (Å²) in [6.45, 7) is 3.10. The zero-order chi connectivity index (χ0) is 13.2. The number of pyridine rings is 1. The number of carbonyl (C=O) groups excluding carboxylic acids is 1. The molecule has 0 radical (unpaired) electrons. The molecule has 2 heterocycles. The second-order valence-corrected chi connectivity index (χ2v) is 4.94. The number of piperazine rings is 1. The molecule has 1 saturated heterocycles. The Morgan fingerprint density at radius 2 is 2.00 bits per heavy atom. The standard InChI is InChI=1S/C14H14ClN3O/c15-12-3-1-2-11-10(12)4-5-17-13(11)14(19)18-8-6-16-7-9-18/h1-5,16H,6-9H2. The van der Waals surface area contributed by atoms with Gasteiger partial charge in [-0.15, -0.1) is 0 Å². The first-order valence-electron chi connectivity index (χ1n) is 6.30. The van der Waals surface area contributed by atoms with Gasteiger partial charge >= 0.3 is 0 Å². The number of hydrogen-bond acceptors (Lipinski definition) is 3. The minimum Gasteiger partial charge on any atom is -0.335 e. The molecule has 0 unspecified atom stereocenters. The fraction of sp³-hybridized carbons (Fsp3) is 0.286. The molecule has 1 N–H and O–H groups in total. The van der Waals surface area contributed by atoms with Gasteiger partial charge in [0.1, 0.15) is 5.69 Å². The molecule has 0 atom stereocenters. The van der Waals surface area contributed by atoms with Crippen LogP contribution < -0.4 is 5.32 Å². The Labute approximate surface area is 116 Å². The van der Waals surface area contributed by atoms with Crippen LogP contribution in [0.15, 0.2) is 30.5 Å². The third-order valence-corrected chi connectivity index (χ3v) is 3.69. The van der Waals surface area contributed by atoms with Crippen molar-refractivity contribution in [2.75, 3.05) is 26.2 Å². The van der Waals surface area contributed by atoms with Gasteiger partial charge < -0.3 is 10.2 Å². The van der Waals surface area contributed by atoms with Crippen LogP contribution in [0.3, 0.4) is 0 Å². The number of aromatic nitrogens is 1. The molecule has 19 heavy (non-hydrogen) atoms. The molecule has 1 aliphatic heterocycles. The van der Waals surface area contributed by atoms with E-state index in [4.69, 9.17) is 11.6 Å². The third-order valence-electron chi connectivity index (χ3n) is 3.36. The third kappa shape index (κ3) is 2.29. The Morgan fingerprint density at radius 1 is 1.21 bits per heavy atom. The number of fused-ring (bicyclic) bond motifs is 1. The van der Waals surface area contributed by atoms with E-state index in [9.17, 15) is 4.79 Å². The van der Waals surface area contributed by atoms with Crippen molar-refractivity contribution in [3.8, 4) is 0 Å². The molecule has 1 aromatic heterocycles. The lowest BCUT2D eigenvalue weighted by atomic mass is 10.1. The van der Waals surface area contributed by atoms with E-state index in [0.717, 1.165) is 37.0 Å². The predicted molar refractivity (Wildman–Crippen MR) is 75.5 cm³/mol. The van der Waals surface area contributed by atoms with Crippen LogP contribution in [0.4, 0.5) is 0 Å². The summed E-state index contributed by atoms with van der Waals surface area (Å²) in [4.78, 5) is 18.6. The number of carbonyl (C=O) groups is 1. The van der Waals surface area contributed by atoms with Crippen molar-refractivity contribution in [3.05, 3.63) is 41.2 Å². The Bertz CT molecular complexity index is 623. The normalized spacial score (nSPS) is 15.7. The van der Waals surface area contributed by atoms with E-state index < -0.39 is 0 Å². The van der Waals surface area contributed by atoms with Gasteiger partial charge in [-0.1, -0.05) is 23.7 Å². The second-order valence-electron chi connectivity index (χ2n) is 4.54. The van der Waals surface area contributed by atoms with Gasteiger partial charge in [-0.25, -0.2) is 0 Å². The number of benzene rings is 1. The van der Waals surface area contributed by atoms with E-state index in [1.165, 1.54) is 0 Å². The average Bonchev–Trinajstić information content (AvgIpc) is 2.47. The van der Waals surface area contributed by atoms with Crippen molar-refractivity contribution in [2.24, 2.45) is 0 Å². The number of halogens is 1. The van der Waals surface area contributed by atoms with Crippen molar-refractivity contribution < 1.29 is 4.79 Å². The van der Waals surface area contributed by atoms with Crippen LogP contribution in [-0.4, -0.2) is 42.0 Å². The molecular weight excluding hydrogens is 262 g/mol. The molecule has 2 aromatic rings. The smallest absolute Gasteiger partial charge is 0.273 e. The first-order valence-corrected chi connectivity index (χ1v) is 6.68. The highest BCUT2D eigenvalue weighted by Gasteiger charge is 2.21. The molecule has 0 aliphatic carbocycles. The van der Waals surface area contributed by atoms with Gasteiger partial charge in [-0.2, -0.15) is 0 Å². The number of hydrogen-bond donors (Lipinski definition) is 1. The first kappa shape index (κ1) is 12.4. The number of amides is 1. The van der Waals surface area contributed by atoms with Crippen LogP contribution in [0, 0.1) is 0 Å². The molecule has 1 fully saturated rings. The van der Waals surface area contributed by atoms with E-state index in [2.05, 4.69) is 10.3 Å². The zero-order valence-electron chi connectivity index (χ0n) is 10.4. The molecule has 0 spiro atoms. The lowest BCUT2D eigenvalue weighted by Crippen LogP contribution is -2.46. The molecular formula is C14H14ClN3O. The Morgan fingerprint density at radius 3 is 2.79 bits per heavy atom. The van der Waals surface area contributed by atoms with Crippen LogP contribution in [0.25, 0.3) is 10.8 Å². The van der Waals surface area contributed by atoms with Gasteiger partial charge in [0.25, 0.3) is 5.91 Å². The topological polar surface area (TPSA) is 45.2 Å². The summed E-state index contributed by atoms with van der Waals surface area (Å²) in [5.41, 5.74) is 0.488. The summed E-state index contributed by atoms with van der Waals surface area (Å²) in [6.07, 6.45) is 1.64. The summed E-state index contributed by atoms with van der Waals surface area (Å²) < 4.78 is 0. The summed E-state index contributed by atoms with van der Waals surface area (Å²) in [6, 6.07) is 7.40. The van der Waals surface area contributed by atoms with Gasteiger partial charge in [0.2, 0.25) is 0 Å². The number of nitrogens with one attached hydrogen (secondary N) is 1. The molecule has 0 bridgehead atoms. The molecule has 5 heteroatoms. The zero-order valence-corrected chi connectivity index (χ0v) is 11.2. The fourth-order valence-electron chi connectivity index (χ4n) is 2.36.